The molecule has 120 valence electrons. The fourth-order valence-corrected chi connectivity index (χ4v) is 2.78. The average Bonchev–Trinajstić information content (AvgIpc) is 2.97. The molecule has 3 aromatic rings. The number of ether oxygens (including phenoxy) is 2. The van der Waals surface area contributed by atoms with Crippen LogP contribution in [0.3, 0.4) is 0 Å². The van der Waals surface area contributed by atoms with E-state index in [2.05, 4.69) is 0 Å². The van der Waals surface area contributed by atoms with Crippen molar-refractivity contribution < 1.29 is 19.0 Å². The third kappa shape index (κ3) is 2.90. The average molecular weight is 312 g/mol. The van der Waals surface area contributed by atoms with E-state index >= 15 is 0 Å². The summed E-state index contributed by atoms with van der Waals surface area (Å²) in [6, 6.07) is 11.8. The number of rotatable bonds is 5. The van der Waals surface area contributed by atoms with Gasteiger partial charge in [0.05, 0.1) is 14.2 Å². The molecule has 4 heteroatoms. The van der Waals surface area contributed by atoms with Gasteiger partial charge < -0.3 is 19.0 Å². The lowest BCUT2D eigenvalue weighted by Crippen LogP contribution is -1.92. The van der Waals surface area contributed by atoms with Crippen LogP contribution in [0.5, 0.6) is 11.5 Å². The van der Waals surface area contributed by atoms with E-state index in [1.807, 2.05) is 43.3 Å². The number of furan rings is 1. The Morgan fingerprint density at radius 2 is 1.87 bits per heavy atom. The van der Waals surface area contributed by atoms with Crippen LogP contribution in [0.15, 0.2) is 40.8 Å². The normalized spacial score (nSPS) is 11.0. The summed E-state index contributed by atoms with van der Waals surface area (Å²) in [6.45, 7) is 2.14. The molecule has 0 radical (unpaired) electrons. The summed E-state index contributed by atoms with van der Waals surface area (Å²) in [5.41, 5.74) is 3.85. The molecule has 0 fully saturated rings. The Balaban J connectivity index is 2.12. The predicted octanol–water partition coefficient (Wildman–Crippen LogP) is 3.96. The first-order chi connectivity index (χ1) is 11.2. The number of aliphatic hydroxyl groups is 1. The number of benzene rings is 2. The van der Waals surface area contributed by atoms with E-state index in [-0.39, 0.29) is 6.61 Å². The molecule has 3 rings (SSSR count). The lowest BCUT2D eigenvalue weighted by atomic mass is 10.1. The summed E-state index contributed by atoms with van der Waals surface area (Å²) in [6.07, 6.45) is 0.592. The van der Waals surface area contributed by atoms with E-state index in [4.69, 9.17) is 19.0 Å². The topological polar surface area (TPSA) is 51.8 Å². The van der Waals surface area contributed by atoms with Crippen molar-refractivity contribution in [1.29, 1.82) is 0 Å². The van der Waals surface area contributed by atoms with E-state index in [1.54, 1.807) is 14.2 Å². The largest absolute Gasteiger partial charge is 0.497 e. The van der Waals surface area contributed by atoms with Crippen LogP contribution in [0.4, 0.5) is 0 Å². The summed E-state index contributed by atoms with van der Waals surface area (Å²) >= 11 is 0. The van der Waals surface area contributed by atoms with Crippen LogP contribution in [-0.2, 0) is 6.42 Å². The van der Waals surface area contributed by atoms with Gasteiger partial charge in [0.2, 0.25) is 0 Å². The first-order valence-corrected chi connectivity index (χ1v) is 7.52. The van der Waals surface area contributed by atoms with Crippen LogP contribution in [0.1, 0.15) is 11.1 Å². The van der Waals surface area contributed by atoms with Gasteiger partial charge in [-0.15, -0.1) is 0 Å². The van der Waals surface area contributed by atoms with Crippen molar-refractivity contribution in [3.63, 3.8) is 0 Å². The van der Waals surface area contributed by atoms with Crippen molar-refractivity contribution in [2.45, 2.75) is 13.3 Å². The zero-order valence-corrected chi connectivity index (χ0v) is 13.6. The summed E-state index contributed by atoms with van der Waals surface area (Å²) in [5.74, 6) is 2.30. The minimum atomic E-state index is 0.108. The monoisotopic (exact) mass is 312 g/mol. The second-order valence-corrected chi connectivity index (χ2v) is 5.48. The SMILES string of the molecule is COc1ccc(-c2cc3cc(CCO)cc(OC)c3o2)c(C)c1. The standard InChI is InChI=1S/C19H20O4/c1-12-8-15(21-2)4-5-16(12)17-11-14-9-13(6-7-20)10-18(22-3)19(14)23-17/h4-5,8-11,20H,6-7H2,1-3H3. The maximum Gasteiger partial charge on any atom is 0.176 e. The maximum atomic E-state index is 9.15. The van der Waals surface area contributed by atoms with Gasteiger partial charge in [-0.25, -0.2) is 0 Å². The lowest BCUT2D eigenvalue weighted by molar-refractivity contribution is 0.299. The van der Waals surface area contributed by atoms with Gasteiger partial charge in [-0.2, -0.15) is 0 Å². The quantitative estimate of drug-likeness (QED) is 0.775. The molecule has 0 unspecified atom stereocenters. The van der Waals surface area contributed by atoms with E-state index < -0.39 is 0 Å². The molecule has 4 nitrogen and oxygen atoms in total. The fourth-order valence-electron chi connectivity index (χ4n) is 2.78. The zero-order chi connectivity index (χ0) is 16.4. The Labute approximate surface area is 135 Å². The molecule has 0 saturated heterocycles. The molecular weight excluding hydrogens is 292 g/mol. The molecule has 0 aliphatic carbocycles. The fraction of sp³-hybridized carbons (Fsp3) is 0.263. The van der Waals surface area contributed by atoms with Crippen LogP contribution in [0, 0.1) is 6.92 Å². The summed E-state index contributed by atoms with van der Waals surface area (Å²) in [4.78, 5) is 0. The minimum Gasteiger partial charge on any atom is -0.497 e. The highest BCUT2D eigenvalue weighted by Gasteiger charge is 2.14. The number of hydrogen-bond acceptors (Lipinski definition) is 4. The Hall–Kier alpha value is -2.46. The van der Waals surface area contributed by atoms with Crippen molar-refractivity contribution in [2.75, 3.05) is 20.8 Å². The summed E-state index contributed by atoms with van der Waals surface area (Å²) < 4.78 is 16.7. The number of aliphatic hydroxyl groups excluding tert-OH is 1. The van der Waals surface area contributed by atoms with E-state index in [0.717, 1.165) is 39.2 Å². The molecule has 0 atom stereocenters. The number of hydrogen-bond donors (Lipinski definition) is 1. The number of fused-ring (bicyclic) bond motifs is 1. The van der Waals surface area contributed by atoms with Gasteiger partial charge in [0, 0.05) is 17.6 Å². The Morgan fingerprint density at radius 1 is 1.04 bits per heavy atom. The smallest absolute Gasteiger partial charge is 0.176 e. The molecule has 0 aliphatic rings. The van der Waals surface area contributed by atoms with Crippen molar-refractivity contribution in [3.8, 4) is 22.8 Å². The predicted molar refractivity (Wildman–Crippen MR) is 90.3 cm³/mol. The second kappa shape index (κ2) is 6.34. The zero-order valence-electron chi connectivity index (χ0n) is 13.6. The van der Waals surface area contributed by atoms with Crippen molar-refractivity contribution in [1.82, 2.24) is 0 Å². The van der Waals surface area contributed by atoms with Crippen LogP contribution in [0.25, 0.3) is 22.3 Å². The molecule has 1 aromatic heterocycles. The molecular formula is C19H20O4. The van der Waals surface area contributed by atoms with Gasteiger partial charge in [0.15, 0.2) is 11.3 Å². The highest BCUT2D eigenvalue weighted by atomic mass is 16.5. The second-order valence-electron chi connectivity index (χ2n) is 5.48. The summed E-state index contributed by atoms with van der Waals surface area (Å²) in [7, 11) is 3.28. The first kappa shape index (κ1) is 15.4. The third-order valence-corrected chi connectivity index (χ3v) is 3.96. The first-order valence-electron chi connectivity index (χ1n) is 7.52. The van der Waals surface area contributed by atoms with Gasteiger partial charge in [-0.1, -0.05) is 0 Å². The molecule has 0 aliphatic heterocycles. The lowest BCUT2D eigenvalue weighted by Gasteiger charge is -2.06. The molecule has 0 spiro atoms. The van der Waals surface area contributed by atoms with Crippen LogP contribution >= 0.6 is 0 Å². The molecule has 0 saturated carbocycles. The van der Waals surface area contributed by atoms with Crippen molar-refractivity contribution in [2.24, 2.45) is 0 Å². The van der Waals surface area contributed by atoms with Crippen molar-refractivity contribution in [3.05, 3.63) is 47.5 Å². The van der Waals surface area contributed by atoms with Gasteiger partial charge in [0.25, 0.3) is 0 Å². The molecule has 0 bridgehead atoms. The minimum absolute atomic E-state index is 0.108. The molecule has 23 heavy (non-hydrogen) atoms. The molecule has 1 heterocycles. The highest BCUT2D eigenvalue weighted by Crippen LogP contribution is 2.36. The molecule has 0 amide bonds. The molecule has 2 aromatic carbocycles. The van der Waals surface area contributed by atoms with Crippen molar-refractivity contribution >= 4 is 11.0 Å². The Kier molecular flexibility index (Phi) is 4.26. The van der Waals surface area contributed by atoms with Crippen LogP contribution in [0.2, 0.25) is 0 Å². The van der Waals surface area contributed by atoms with Gasteiger partial charge in [-0.05, 0) is 60.9 Å². The Morgan fingerprint density at radius 3 is 2.52 bits per heavy atom. The van der Waals surface area contributed by atoms with Gasteiger partial charge in [0.1, 0.15) is 11.5 Å². The van der Waals surface area contributed by atoms with Crippen LogP contribution < -0.4 is 9.47 Å². The van der Waals surface area contributed by atoms with E-state index in [1.165, 1.54) is 0 Å². The number of methoxy groups -OCH3 is 2. The van der Waals surface area contributed by atoms with E-state index in [9.17, 15) is 0 Å². The Bertz CT molecular complexity index is 833. The molecule has 1 N–H and O–H groups in total. The highest BCUT2D eigenvalue weighted by molar-refractivity contribution is 5.88. The van der Waals surface area contributed by atoms with Gasteiger partial charge >= 0.3 is 0 Å². The maximum absolute atomic E-state index is 9.15. The van der Waals surface area contributed by atoms with Gasteiger partial charge in [-0.3, -0.25) is 0 Å². The number of aryl methyl sites for hydroxylation is 1. The third-order valence-electron chi connectivity index (χ3n) is 3.96. The van der Waals surface area contributed by atoms with Crippen LogP contribution in [-0.4, -0.2) is 25.9 Å². The van der Waals surface area contributed by atoms with E-state index in [0.29, 0.717) is 12.2 Å². The summed E-state index contributed by atoms with van der Waals surface area (Å²) in [5, 5.41) is 10.1.